The second-order valence-corrected chi connectivity index (χ2v) is 8.18. The molecule has 16 heteroatoms. The van der Waals surface area contributed by atoms with Crippen molar-refractivity contribution in [2.45, 2.75) is 18.4 Å². The Balaban J connectivity index is 1.25. The topological polar surface area (TPSA) is 174 Å². The predicted molar refractivity (Wildman–Crippen MR) is 119 cm³/mol. The van der Waals surface area contributed by atoms with E-state index in [1.165, 1.54) is 17.2 Å². The highest BCUT2D eigenvalue weighted by Gasteiger charge is 2.39. The second-order valence-electron chi connectivity index (χ2n) is 8.18. The summed E-state index contributed by atoms with van der Waals surface area (Å²) in [5.74, 6) is -0.190. The number of fused-ring (bicyclic) bond motifs is 2. The van der Waals surface area contributed by atoms with Gasteiger partial charge >= 0.3 is 6.18 Å². The number of amides is 1. The number of aliphatic hydroxyl groups excluding tert-OH is 1. The molecular weight excluding hydrogens is 499 g/mol. The number of hydrogen-bond acceptors (Lipinski definition) is 10. The van der Waals surface area contributed by atoms with Crippen LogP contribution in [0.4, 0.5) is 24.8 Å². The number of alkyl halides is 3. The van der Waals surface area contributed by atoms with E-state index in [4.69, 9.17) is 15.0 Å². The van der Waals surface area contributed by atoms with Crippen LogP contribution in [0.1, 0.15) is 17.6 Å². The molecule has 13 nitrogen and oxygen atoms in total. The van der Waals surface area contributed by atoms with Gasteiger partial charge in [0, 0.05) is 18.3 Å². The number of nitrogens with one attached hydrogen (secondary N) is 1. The lowest BCUT2D eigenvalue weighted by molar-refractivity contribution is -0.143. The number of anilines is 2. The van der Waals surface area contributed by atoms with Crippen LogP contribution in [0.15, 0.2) is 41.2 Å². The minimum atomic E-state index is -4.68. The Labute approximate surface area is 203 Å². The third-order valence-corrected chi connectivity index (χ3v) is 5.83. The standard InChI is InChI=1S/C21H16F3N9O4/c22-21(23,24)14-5-9(8-26-29-14)33-2-1-15(30-33)32-3-4-36-17(20(32)35)16(34)19-27-11-6-10-13(7-12(11)28-19)37-31-18(10)25/h1-2,5-8,16-17,31,34H,3-4,25H2/t16-,17-/m1/s1. The maximum atomic E-state index is 13.2. The van der Waals surface area contributed by atoms with Crippen LogP contribution >= 0.6 is 0 Å². The third-order valence-electron chi connectivity index (χ3n) is 5.83. The van der Waals surface area contributed by atoms with Gasteiger partial charge in [-0.2, -0.15) is 18.3 Å². The molecule has 4 N–H and O–H groups in total. The molecule has 0 aliphatic carbocycles. The zero-order valence-electron chi connectivity index (χ0n) is 18.5. The van der Waals surface area contributed by atoms with Crippen molar-refractivity contribution in [3.05, 3.63) is 48.2 Å². The van der Waals surface area contributed by atoms with E-state index in [0.29, 0.717) is 27.8 Å². The van der Waals surface area contributed by atoms with Crippen molar-refractivity contribution in [3.63, 3.8) is 0 Å². The monoisotopic (exact) mass is 515 g/mol. The molecule has 1 amide bonds. The number of rotatable bonds is 4. The van der Waals surface area contributed by atoms with Gasteiger partial charge in [-0.3, -0.25) is 9.69 Å². The van der Waals surface area contributed by atoms with Crippen molar-refractivity contribution in [1.82, 2.24) is 35.1 Å². The van der Waals surface area contributed by atoms with E-state index in [-0.39, 0.29) is 30.5 Å². The van der Waals surface area contributed by atoms with Crippen LogP contribution in [0.2, 0.25) is 0 Å². The lowest BCUT2D eigenvalue weighted by atomic mass is 10.1. The Morgan fingerprint density at radius 3 is 2.78 bits per heavy atom. The highest BCUT2D eigenvalue weighted by Crippen LogP contribution is 2.30. The number of imidazole rings is 1. The zero-order chi connectivity index (χ0) is 25.9. The summed E-state index contributed by atoms with van der Waals surface area (Å²) in [5, 5.41) is 24.7. The Hall–Kier alpha value is -4.57. The van der Waals surface area contributed by atoms with Crippen molar-refractivity contribution in [2.75, 3.05) is 23.8 Å². The van der Waals surface area contributed by atoms with E-state index in [9.17, 15) is 23.1 Å². The SMILES string of the molecule is Nc1[nH]oc2cc3nc([C@H](O)[C@H]4OCCN(c5ccn(-c6cnnc(C(F)(F)F)c6)n5)C4=O)nc3cc12. The van der Waals surface area contributed by atoms with Crippen molar-refractivity contribution in [3.8, 4) is 5.69 Å². The predicted octanol–water partition coefficient (Wildman–Crippen LogP) is 1.75. The van der Waals surface area contributed by atoms with Gasteiger partial charge in [-0.1, -0.05) is 0 Å². The summed E-state index contributed by atoms with van der Waals surface area (Å²) in [7, 11) is 0. The molecule has 6 rings (SSSR count). The molecule has 0 saturated carbocycles. The summed E-state index contributed by atoms with van der Waals surface area (Å²) in [6, 6.07) is 5.48. The molecule has 1 fully saturated rings. The summed E-state index contributed by atoms with van der Waals surface area (Å²) in [6.45, 7) is 0.173. The molecule has 5 heterocycles. The molecule has 1 aliphatic rings. The smallest absolute Gasteiger partial charge is 0.382 e. The number of ether oxygens (including phenoxy) is 1. The number of hydrogen-bond donors (Lipinski definition) is 3. The van der Waals surface area contributed by atoms with E-state index in [1.54, 1.807) is 12.1 Å². The molecule has 190 valence electrons. The molecule has 0 radical (unpaired) electrons. The van der Waals surface area contributed by atoms with E-state index in [0.717, 1.165) is 16.9 Å². The number of benzene rings is 1. The van der Waals surface area contributed by atoms with Gasteiger partial charge in [0.2, 0.25) is 0 Å². The first-order valence-corrected chi connectivity index (χ1v) is 10.8. The first-order valence-electron chi connectivity index (χ1n) is 10.8. The zero-order valence-corrected chi connectivity index (χ0v) is 18.5. The number of nitrogens with two attached hydrogens (primary N) is 1. The minimum Gasteiger partial charge on any atom is -0.382 e. The van der Waals surface area contributed by atoms with Gasteiger partial charge < -0.3 is 20.1 Å². The highest BCUT2D eigenvalue weighted by molar-refractivity contribution is 5.98. The number of aromatic amines is 1. The average molecular weight is 515 g/mol. The maximum Gasteiger partial charge on any atom is 0.435 e. The first-order chi connectivity index (χ1) is 17.7. The quantitative estimate of drug-likeness (QED) is 0.320. The second kappa shape index (κ2) is 8.24. The number of carbonyl (C=O) groups excluding carboxylic acids is 1. The van der Waals surface area contributed by atoms with E-state index in [2.05, 4.69) is 30.4 Å². The van der Waals surface area contributed by atoms with Gasteiger partial charge in [-0.15, -0.1) is 10.2 Å². The van der Waals surface area contributed by atoms with Crippen LogP contribution in [0.5, 0.6) is 0 Å². The van der Waals surface area contributed by atoms with Gasteiger partial charge in [0.25, 0.3) is 5.91 Å². The number of nitrogens with zero attached hydrogens (tertiary/aromatic N) is 7. The van der Waals surface area contributed by atoms with Crippen LogP contribution in [-0.2, 0) is 15.7 Å². The molecule has 1 aromatic carbocycles. The van der Waals surface area contributed by atoms with Crippen LogP contribution in [0.25, 0.3) is 27.7 Å². The number of morpholine rings is 1. The molecule has 5 aromatic rings. The lowest BCUT2D eigenvalue weighted by Crippen LogP contribution is -2.50. The molecular formula is C21H16F3N9O4. The molecule has 1 aliphatic heterocycles. The minimum absolute atomic E-state index is 0.00621. The number of aromatic nitrogens is 7. The molecule has 0 bridgehead atoms. The van der Waals surface area contributed by atoms with Crippen LogP contribution < -0.4 is 10.6 Å². The molecule has 4 aromatic heterocycles. The van der Waals surface area contributed by atoms with Gasteiger partial charge in [0.15, 0.2) is 29.0 Å². The molecule has 37 heavy (non-hydrogen) atoms. The number of halogens is 3. The summed E-state index contributed by atoms with van der Waals surface area (Å²) in [4.78, 5) is 23.1. The molecule has 2 atom stereocenters. The number of nitrogen functional groups attached to an aromatic ring is 1. The number of carbonyl (C=O) groups is 1. The summed E-state index contributed by atoms with van der Waals surface area (Å²) < 4.78 is 50.9. The van der Waals surface area contributed by atoms with Crippen molar-refractivity contribution in [2.24, 2.45) is 0 Å². The van der Waals surface area contributed by atoms with Gasteiger partial charge in [-0.05, 0) is 12.1 Å². The third kappa shape index (κ3) is 3.91. The summed E-state index contributed by atoms with van der Waals surface area (Å²) >= 11 is 0. The van der Waals surface area contributed by atoms with Crippen molar-refractivity contribution < 1.29 is 32.3 Å². The van der Waals surface area contributed by atoms with Crippen LogP contribution in [-0.4, -0.2) is 65.4 Å². The van der Waals surface area contributed by atoms with E-state index in [1.807, 2.05) is 0 Å². The Kier molecular flexibility index (Phi) is 5.09. The Morgan fingerprint density at radius 2 is 2.00 bits per heavy atom. The fourth-order valence-electron chi connectivity index (χ4n) is 4.02. The molecule has 0 unspecified atom stereocenters. The van der Waals surface area contributed by atoms with E-state index < -0.39 is 30.0 Å². The van der Waals surface area contributed by atoms with Gasteiger partial charge in [0.05, 0.1) is 41.5 Å². The fourth-order valence-corrected chi connectivity index (χ4v) is 4.02. The average Bonchev–Trinajstić information content (AvgIpc) is 3.61. The largest absolute Gasteiger partial charge is 0.435 e. The summed E-state index contributed by atoms with van der Waals surface area (Å²) in [5.41, 5.74) is 5.96. The number of aliphatic hydroxyl groups is 1. The van der Waals surface area contributed by atoms with Gasteiger partial charge in [0.1, 0.15) is 11.9 Å². The maximum absolute atomic E-state index is 13.2. The van der Waals surface area contributed by atoms with Crippen LogP contribution in [0, 0.1) is 0 Å². The number of H-pyrrole nitrogens is 1. The lowest BCUT2D eigenvalue weighted by Gasteiger charge is -2.32. The van der Waals surface area contributed by atoms with Crippen molar-refractivity contribution >= 4 is 39.5 Å². The fraction of sp³-hybridized carbons (Fsp3) is 0.238. The highest BCUT2D eigenvalue weighted by atomic mass is 19.4. The molecule has 0 spiro atoms. The molecule has 1 saturated heterocycles. The van der Waals surface area contributed by atoms with Crippen molar-refractivity contribution in [1.29, 1.82) is 0 Å². The van der Waals surface area contributed by atoms with E-state index >= 15 is 0 Å². The first kappa shape index (κ1) is 22.9. The van der Waals surface area contributed by atoms with Gasteiger partial charge in [-0.25, -0.2) is 19.8 Å². The Morgan fingerprint density at radius 1 is 1.22 bits per heavy atom. The normalized spacial score (nSPS) is 17.7. The summed E-state index contributed by atoms with van der Waals surface area (Å²) in [6.07, 6.45) is -5.02. The Bertz CT molecular complexity index is 1640. The van der Waals surface area contributed by atoms with Crippen LogP contribution in [0.3, 0.4) is 0 Å².